The van der Waals surface area contributed by atoms with E-state index < -0.39 is 6.10 Å². The van der Waals surface area contributed by atoms with Gasteiger partial charge in [0.1, 0.15) is 5.69 Å². The number of nitrogens with one attached hydrogen (secondary N) is 2. The molecule has 6 atom stereocenters. The third-order valence-electron chi connectivity index (χ3n) is 7.98. The molecule has 2 aliphatic carbocycles. The average molecular weight is 489 g/mol. The predicted octanol–water partition coefficient (Wildman–Crippen LogP) is 3.19. The number of amides is 2. The average Bonchev–Trinajstić information content (AvgIpc) is 3.39. The summed E-state index contributed by atoms with van der Waals surface area (Å²) >= 11 is 1.54. The first-order chi connectivity index (χ1) is 16.2. The monoisotopic (exact) mass is 488 g/mol. The zero-order chi connectivity index (χ0) is 24.6. The molecule has 2 aliphatic rings. The van der Waals surface area contributed by atoms with Crippen molar-refractivity contribution in [3.8, 4) is 0 Å². The van der Waals surface area contributed by atoms with Crippen molar-refractivity contribution in [1.29, 1.82) is 0 Å². The first kappa shape index (κ1) is 24.9. The van der Waals surface area contributed by atoms with E-state index in [9.17, 15) is 14.7 Å². The number of rotatable bonds is 7. The van der Waals surface area contributed by atoms with Crippen molar-refractivity contribution >= 4 is 28.3 Å². The van der Waals surface area contributed by atoms with Gasteiger partial charge in [-0.1, -0.05) is 20.8 Å². The van der Waals surface area contributed by atoms with Crippen LogP contribution in [0, 0.1) is 23.2 Å². The molecular formula is C25H36N4O4S. The molecule has 0 unspecified atom stereocenters. The van der Waals surface area contributed by atoms with Crippen LogP contribution in [0.15, 0.2) is 18.3 Å². The van der Waals surface area contributed by atoms with E-state index in [0.717, 1.165) is 25.0 Å². The van der Waals surface area contributed by atoms with Crippen molar-refractivity contribution in [2.75, 3.05) is 25.6 Å². The number of anilines is 1. The van der Waals surface area contributed by atoms with Gasteiger partial charge in [0, 0.05) is 43.6 Å². The van der Waals surface area contributed by atoms with Gasteiger partial charge in [-0.05, 0) is 48.6 Å². The number of fused-ring (bicyclic) bond motifs is 2. The van der Waals surface area contributed by atoms with Crippen molar-refractivity contribution in [2.24, 2.45) is 30.2 Å². The molecule has 186 valence electrons. The normalized spacial score (nSPS) is 29.1. The summed E-state index contributed by atoms with van der Waals surface area (Å²) < 4.78 is 6.81. The van der Waals surface area contributed by atoms with E-state index in [-0.39, 0.29) is 40.9 Å². The lowest BCUT2D eigenvalue weighted by molar-refractivity contribution is -0.135. The fourth-order valence-electron chi connectivity index (χ4n) is 6.09. The van der Waals surface area contributed by atoms with Crippen LogP contribution in [-0.4, -0.2) is 52.8 Å². The molecule has 0 aromatic carbocycles. The predicted molar refractivity (Wildman–Crippen MR) is 132 cm³/mol. The zero-order valence-corrected chi connectivity index (χ0v) is 21.4. The van der Waals surface area contributed by atoms with E-state index in [1.54, 1.807) is 17.7 Å². The first-order valence-corrected chi connectivity index (χ1v) is 12.8. The summed E-state index contributed by atoms with van der Waals surface area (Å²) in [6, 6.07) is 3.62. The molecule has 0 aliphatic heterocycles. The minimum Gasteiger partial charge on any atom is -0.392 e. The van der Waals surface area contributed by atoms with Gasteiger partial charge in [-0.15, -0.1) is 11.3 Å². The van der Waals surface area contributed by atoms with E-state index in [4.69, 9.17) is 9.72 Å². The van der Waals surface area contributed by atoms with Gasteiger partial charge in [-0.2, -0.15) is 0 Å². The first-order valence-electron chi connectivity index (χ1n) is 12.0. The number of hydrogen-bond acceptors (Lipinski definition) is 6. The molecule has 0 radical (unpaired) electrons. The van der Waals surface area contributed by atoms with Crippen LogP contribution >= 0.6 is 11.3 Å². The molecule has 1 fully saturated rings. The number of carbonyl (C=O) groups excluding carboxylic acids is 2. The highest BCUT2D eigenvalue weighted by Gasteiger charge is 2.53. The van der Waals surface area contributed by atoms with Crippen LogP contribution < -0.4 is 10.6 Å². The standard InChI is InChI=1S/C25H36N4O4S/c1-14(22(31)26-10-12-33-5)16-8-9-25(3)13-18-20(15(2)19(25)21(16)30)27-24(34-18)28-23(32)17-7-6-11-29(17)4/h6-7,11,14-16,19,21,30H,8-10,12-13H2,1-5H3,(H,26,31)(H,27,28,32)/t14-,15+,16-,19+,21-,25+/m0/s1. The van der Waals surface area contributed by atoms with E-state index in [1.165, 1.54) is 16.2 Å². The zero-order valence-electron chi connectivity index (χ0n) is 20.6. The maximum atomic E-state index is 12.7. The van der Waals surface area contributed by atoms with E-state index in [0.29, 0.717) is 24.0 Å². The van der Waals surface area contributed by atoms with Gasteiger partial charge in [-0.25, -0.2) is 4.98 Å². The Bertz CT molecular complexity index is 1050. The molecule has 1 saturated carbocycles. The molecule has 3 N–H and O–H groups in total. The minimum absolute atomic E-state index is 0.00602. The Morgan fingerprint density at radius 3 is 2.88 bits per heavy atom. The molecule has 34 heavy (non-hydrogen) atoms. The van der Waals surface area contributed by atoms with Crippen molar-refractivity contribution in [2.45, 2.75) is 52.1 Å². The second-order valence-corrected chi connectivity index (χ2v) is 11.3. The molecular weight excluding hydrogens is 452 g/mol. The van der Waals surface area contributed by atoms with E-state index in [2.05, 4.69) is 24.5 Å². The lowest BCUT2D eigenvalue weighted by Gasteiger charge is -2.53. The van der Waals surface area contributed by atoms with Crippen molar-refractivity contribution < 1.29 is 19.4 Å². The maximum Gasteiger partial charge on any atom is 0.274 e. The quantitative estimate of drug-likeness (QED) is 0.519. The molecule has 0 spiro atoms. The van der Waals surface area contributed by atoms with Crippen LogP contribution in [0.3, 0.4) is 0 Å². The molecule has 2 heterocycles. The van der Waals surface area contributed by atoms with Crippen LogP contribution in [0.1, 0.15) is 60.6 Å². The second kappa shape index (κ2) is 9.79. The van der Waals surface area contributed by atoms with Gasteiger partial charge < -0.3 is 19.7 Å². The van der Waals surface area contributed by atoms with Crippen LogP contribution in [0.4, 0.5) is 5.13 Å². The molecule has 8 nitrogen and oxygen atoms in total. The van der Waals surface area contributed by atoms with E-state index in [1.807, 2.05) is 26.2 Å². The highest BCUT2D eigenvalue weighted by atomic mass is 32.1. The summed E-state index contributed by atoms with van der Waals surface area (Å²) in [5.41, 5.74) is 1.48. The third kappa shape index (κ3) is 4.53. The molecule has 9 heteroatoms. The number of hydrogen-bond donors (Lipinski definition) is 3. The van der Waals surface area contributed by atoms with Crippen LogP contribution in [-0.2, 0) is 23.0 Å². The topological polar surface area (TPSA) is 105 Å². The number of thiazole rings is 1. The Balaban J connectivity index is 1.51. The van der Waals surface area contributed by atoms with Crippen molar-refractivity contribution in [3.05, 3.63) is 34.6 Å². The Morgan fingerprint density at radius 2 is 2.21 bits per heavy atom. The van der Waals surface area contributed by atoms with Gasteiger partial charge >= 0.3 is 0 Å². The number of ether oxygens (including phenoxy) is 1. The number of aryl methyl sites for hydroxylation is 1. The minimum atomic E-state index is -0.590. The largest absolute Gasteiger partial charge is 0.392 e. The molecule has 2 amide bonds. The van der Waals surface area contributed by atoms with Crippen LogP contribution in [0.2, 0.25) is 0 Å². The number of nitrogens with zero attached hydrogens (tertiary/aromatic N) is 2. The van der Waals surface area contributed by atoms with Crippen LogP contribution in [0.5, 0.6) is 0 Å². The number of aliphatic hydroxyl groups excluding tert-OH is 1. The lowest BCUT2D eigenvalue weighted by Crippen LogP contribution is -2.53. The molecule has 0 bridgehead atoms. The maximum absolute atomic E-state index is 12.7. The van der Waals surface area contributed by atoms with Crippen LogP contribution in [0.25, 0.3) is 0 Å². The summed E-state index contributed by atoms with van der Waals surface area (Å²) in [6.07, 6.45) is 3.83. The fourth-order valence-corrected chi connectivity index (χ4v) is 7.35. The molecule has 2 aromatic heterocycles. The second-order valence-electron chi connectivity index (χ2n) is 10.2. The Labute approximate surface area is 205 Å². The van der Waals surface area contributed by atoms with Crippen molar-refractivity contribution in [1.82, 2.24) is 14.9 Å². The number of aromatic nitrogens is 2. The summed E-state index contributed by atoms with van der Waals surface area (Å²) in [5, 5.41) is 18.0. The number of aliphatic hydroxyl groups is 1. The van der Waals surface area contributed by atoms with Crippen molar-refractivity contribution in [3.63, 3.8) is 0 Å². The highest BCUT2D eigenvalue weighted by Crippen LogP contribution is 2.57. The Kier molecular flexibility index (Phi) is 7.17. The molecule has 4 rings (SSSR count). The smallest absolute Gasteiger partial charge is 0.274 e. The summed E-state index contributed by atoms with van der Waals surface area (Å²) in [6.45, 7) is 7.23. The fraction of sp³-hybridized carbons (Fsp3) is 0.640. The van der Waals surface area contributed by atoms with E-state index >= 15 is 0 Å². The number of methoxy groups -OCH3 is 1. The summed E-state index contributed by atoms with van der Waals surface area (Å²) in [7, 11) is 3.45. The van der Waals surface area contributed by atoms with Gasteiger partial charge in [0.25, 0.3) is 5.91 Å². The molecule has 2 aromatic rings. The van der Waals surface area contributed by atoms with Gasteiger partial charge in [0.05, 0.1) is 18.4 Å². The van der Waals surface area contributed by atoms with Gasteiger partial charge in [0.15, 0.2) is 5.13 Å². The third-order valence-corrected chi connectivity index (χ3v) is 8.97. The lowest BCUT2D eigenvalue weighted by atomic mass is 9.53. The van der Waals surface area contributed by atoms with Gasteiger partial charge in [0.2, 0.25) is 5.91 Å². The summed E-state index contributed by atoms with van der Waals surface area (Å²) in [5.74, 6) is -0.546. The summed E-state index contributed by atoms with van der Waals surface area (Å²) in [4.78, 5) is 31.3. The molecule has 0 saturated heterocycles. The Hall–Kier alpha value is -2.23. The van der Waals surface area contributed by atoms with Gasteiger partial charge in [-0.3, -0.25) is 14.9 Å². The Morgan fingerprint density at radius 1 is 1.44 bits per heavy atom. The highest BCUT2D eigenvalue weighted by molar-refractivity contribution is 7.15. The SMILES string of the molecule is COCCNC(=O)[C@@H](C)[C@@H]1CC[C@]2(C)Cc3sc(NC(=O)c4cccn4C)nc3[C@H](C)[C@@H]2[C@H]1O. The number of carbonyl (C=O) groups is 2.